The SMILES string of the molecule is Cl.O=C(NCCN1CCOCC1)c1ccccc1Br. The third-order valence-electron chi connectivity index (χ3n) is 2.94. The van der Waals surface area contributed by atoms with Gasteiger partial charge in [0, 0.05) is 30.7 Å². The van der Waals surface area contributed by atoms with Crippen LogP contribution in [0.5, 0.6) is 0 Å². The molecular weight excluding hydrogens is 332 g/mol. The zero-order chi connectivity index (χ0) is 12.8. The first-order valence-corrected chi connectivity index (χ1v) is 6.89. The molecule has 1 N–H and O–H groups in total. The number of morpholine rings is 1. The standard InChI is InChI=1S/C13H17BrN2O2.ClH/c14-12-4-2-1-3-11(12)13(17)15-5-6-16-7-9-18-10-8-16;/h1-4H,5-10H2,(H,15,17);1H. The summed E-state index contributed by atoms with van der Waals surface area (Å²) in [6, 6.07) is 7.45. The molecule has 1 heterocycles. The summed E-state index contributed by atoms with van der Waals surface area (Å²) in [6.45, 7) is 5.02. The van der Waals surface area contributed by atoms with Crippen molar-refractivity contribution in [3.05, 3.63) is 34.3 Å². The van der Waals surface area contributed by atoms with Crippen LogP contribution >= 0.6 is 28.3 Å². The van der Waals surface area contributed by atoms with Crippen molar-refractivity contribution in [2.24, 2.45) is 0 Å². The summed E-state index contributed by atoms with van der Waals surface area (Å²) < 4.78 is 6.10. The maximum Gasteiger partial charge on any atom is 0.252 e. The summed E-state index contributed by atoms with van der Waals surface area (Å²) in [4.78, 5) is 14.2. The van der Waals surface area contributed by atoms with Gasteiger partial charge in [-0.15, -0.1) is 12.4 Å². The average molecular weight is 350 g/mol. The molecule has 1 fully saturated rings. The van der Waals surface area contributed by atoms with E-state index in [1.165, 1.54) is 0 Å². The number of ether oxygens (including phenoxy) is 1. The van der Waals surface area contributed by atoms with Gasteiger partial charge in [-0.3, -0.25) is 9.69 Å². The van der Waals surface area contributed by atoms with Crippen LogP contribution in [-0.2, 0) is 4.74 Å². The molecule has 0 saturated carbocycles. The molecule has 19 heavy (non-hydrogen) atoms. The minimum Gasteiger partial charge on any atom is -0.379 e. The molecule has 106 valence electrons. The van der Waals surface area contributed by atoms with Crippen LogP contribution in [-0.4, -0.2) is 50.2 Å². The molecule has 6 heteroatoms. The van der Waals surface area contributed by atoms with E-state index < -0.39 is 0 Å². The van der Waals surface area contributed by atoms with Gasteiger partial charge in [-0.05, 0) is 28.1 Å². The lowest BCUT2D eigenvalue weighted by atomic mass is 10.2. The van der Waals surface area contributed by atoms with Crippen LogP contribution in [0.4, 0.5) is 0 Å². The van der Waals surface area contributed by atoms with Crippen molar-refractivity contribution >= 4 is 34.2 Å². The molecule has 4 nitrogen and oxygen atoms in total. The lowest BCUT2D eigenvalue weighted by Gasteiger charge is -2.26. The highest BCUT2D eigenvalue weighted by Crippen LogP contribution is 2.15. The topological polar surface area (TPSA) is 41.6 Å². The Bertz CT molecular complexity index is 411. The maximum absolute atomic E-state index is 11.9. The van der Waals surface area contributed by atoms with Gasteiger partial charge in [0.05, 0.1) is 18.8 Å². The molecule has 0 atom stereocenters. The molecule has 1 aliphatic heterocycles. The highest BCUT2D eigenvalue weighted by atomic mass is 79.9. The van der Waals surface area contributed by atoms with Crippen molar-refractivity contribution in [2.75, 3.05) is 39.4 Å². The molecule has 1 aromatic carbocycles. The quantitative estimate of drug-likeness (QED) is 0.903. The van der Waals surface area contributed by atoms with Crippen molar-refractivity contribution in [1.82, 2.24) is 10.2 Å². The first kappa shape index (κ1) is 16.4. The number of amides is 1. The number of hydrogen-bond donors (Lipinski definition) is 1. The molecule has 0 spiro atoms. The van der Waals surface area contributed by atoms with Crippen LogP contribution in [0.25, 0.3) is 0 Å². The molecule has 1 aliphatic rings. The normalized spacial score (nSPS) is 15.6. The van der Waals surface area contributed by atoms with E-state index in [0.29, 0.717) is 12.1 Å². The molecule has 1 amide bonds. The number of carbonyl (C=O) groups excluding carboxylic acids is 1. The van der Waals surface area contributed by atoms with Gasteiger partial charge in [0.15, 0.2) is 0 Å². The second kappa shape index (κ2) is 8.53. The van der Waals surface area contributed by atoms with Gasteiger partial charge in [-0.2, -0.15) is 0 Å². The number of nitrogens with one attached hydrogen (secondary N) is 1. The number of rotatable bonds is 4. The molecule has 0 aromatic heterocycles. The highest BCUT2D eigenvalue weighted by Gasteiger charge is 2.11. The summed E-state index contributed by atoms with van der Waals surface area (Å²) >= 11 is 3.38. The first-order valence-electron chi connectivity index (χ1n) is 6.10. The minimum absolute atomic E-state index is 0. The summed E-state index contributed by atoms with van der Waals surface area (Å²) in [7, 11) is 0. The smallest absolute Gasteiger partial charge is 0.252 e. The maximum atomic E-state index is 11.9. The third-order valence-corrected chi connectivity index (χ3v) is 3.63. The van der Waals surface area contributed by atoms with Crippen molar-refractivity contribution in [3.63, 3.8) is 0 Å². The second-order valence-electron chi connectivity index (χ2n) is 4.19. The van der Waals surface area contributed by atoms with Gasteiger partial charge in [-0.25, -0.2) is 0 Å². The molecule has 1 aromatic rings. The monoisotopic (exact) mass is 348 g/mol. The Morgan fingerprint density at radius 3 is 2.68 bits per heavy atom. The van der Waals surface area contributed by atoms with Crippen molar-refractivity contribution in [2.45, 2.75) is 0 Å². The zero-order valence-corrected chi connectivity index (χ0v) is 13.0. The average Bonchev–Trinajstić information content (AvgIpc) is 2.40. The van der Waals surface area contributed by atoms with E-state index in [2.05, 4.69) is 26.1 Å². The lowest BCUT2D eigenvalue weighted by molar-refractivity contribution is 0.0383. The zero-order valence-electron chi connectivity index (χ0n) is 10.6. The van der Waals surface area contributed by atoms with Crippen molar-refractivity contribution in [1.29, 1.82) is 0 Å². The summed E-state index contributed by atoms with van der Waals surface area (Å²) in [6.07, 6.45) is 0. The molecule has 0 bridgehead atoms. The van der Waals surface area contributed by atoms with Crippen LogP contribution in [0.15, 0.2) is 28.7 Å². The Kier molecular flexibility index (Phi) is 7.38. The number of halogens is 2. The number of benzene rings is 1. The van der Waals surface area contributed by atoms with E-state index in [-0.39, 0.29) is 18.3 Å². The predicted octanol–water partition coefficient (Wildman–Crippen LogP) is 1.93. The van der Waals surface area contributed by atoms with Gasteiger partial charge in [-0.1, -0.05) is 12.1 Å². The summed E-state index contributed by atoms with van der Waals surface area (Å²) in [5, 5.41) is 2.94. The van der Waals surface area contributed by atoms with Crippen LogP contribution < -0.4 is 5.32 Å². The van der Waals surface area contributed by atoms with Crippen LogP contribution in [0.2, 0.25) is 0 Å². The van der Waals surface area contributed by atoms with E-state index in [1.807, 2.05) is 24.3 Å². The van der Waals surface area contributed by atoms with E-state index in [0.717, 1.165) is 37.3 Å². The Hall–Kier alpha value is -0.620. The van der Waals surface area contributed by atoms with Crippen LogP contribution in [0.3, 0.4) is 0 Å². The van der Waals surface area contributed by atoms with Gasteiger partial charge >= 0.3 is 0 Å². The van der Waals surface area contributed by atoms with Crippen molar-refractivity contribution < 1.29 is 9.53 Å². The highest BCUT2D eigenvalue weighted by molar-refractivity contribution is 9.10. The van der Waals surface area contributed by atoms with E-state index in [9.17, 15) is 4.79 Å². The van der Waals surface area contributed by atoms with Gasteiger partial charge < -0.3 is 10.1 Å². The Balaban J connectivity index is 0.00000180. The fraction of sp³-hybridized carbons (Fsp3) is 0.462. The molecule has 0 aliphatic carbocycles. The van der Waals surface area contributed by atoms with Crippen LogP contribution in [0, 0.1) is 0 Å². The van der Waals surface area contributed by atoms with Crippen LogP contribution in [0.1, 0.15) is 10.4 Å². The molecule has 2 rings (SSSR count). The van der Waals surface area contributed by atoms with Gasteiger partial charge in [0.25, 0.3) is 5.91 Å². The van der Waals surface area contributed by atoms with Gasteiger partial charge in [0.1, 0.15) is 0 Å². The predicted molar refractivity (Wildman–Crippen MR) is 81.0 cm³/mol. The lowest BCUT2D eigenvalue weighted by Crippen LogP contribution is -2.41. The summed E-state index contributed by atoms with van der Waals surface area (Å²) in [5.74, 6) is -0.0317. The van der Waals surface area contributed by atoms with E-state index >= 15 is 0 Å². The second-order valence-corrected chi connectivity index (χ2v) is 5.04. The van der Waals surface area contributed by atoms with Gasteiger partial charge in [0.2, 0.25) is 0 Å². The number of nitrogens with zero attached hydrogens (tertiary/aromatic N) is 1. The fourth-order valence-electron chi connectivity index (χ4n) is 1.89. The number of hydrogen-bond acceptors (Lipinski definition) is 3. The first-order chi connectivity index (χ1) is 8.77. The number of carbonyl (C=O) groups is 1. The molecule has 0 unspecified atom stereocenters. The summed E-state index contributed by atoms with van der Waals surface area (Å²) in [5.41, 5.74) is 0.680. The minimum atomic E-state index is -0.0317. The van der Waals surface area contributed by atoms with Crippen molar-refractivity contribution in [3.8, 4) is 0 Å². The van der Waals surface area contributed by atoms with E-state index in [4.69, 9.17) is 4.74 Å². The fourth-order valence-corrected chi connectivity index (χ4v) is 2.36. The molecular formula is C13H18BrClN2O2. The largest absolute Gasteiger partial charge is 0.379 e. The Morgan fingerprint density at radius 1 is 1.32 bits per heavy atom. The third kappa shape index (κ3) is 5.10. The Morgan fingerprint density at radius 2 is 2.00 bits per heavy atom. The Labute approximate surface area is 128 Å². The molecule has 1 saturated heterocycles. The molecule has 0 radical (unpaired) electrons. The van der Waals surface area contributed by atoms with E-state index in [1.54, 1.807) is 0 Å².